The maximum Gasteiger partial charge on any atom is -0.0238 e. The van der Waals surface area contributed by atoms with E-state index >= 15 is 0 Å². The molecule has 0 aromatic carbocycles. The highest BCUT2D eigenvalue weighted by atomic mass is 14.1. The van der Waals surface area contributed by atoms with Crippen LogP contribution in [0.15, 0.2) is 0 Å². The van der Waals surface area contributed by atoms with Gasteiger partial charge >= 0.3 is 0 Å². The van der Waals surface area contributed by atoms with Gasteiger partial charge in [-0.1, -0.05) is 53.4 Å². The zero-order valence-electron chi connectivity index (χ0n) is 10.0. The Bertz CT molecular complexity index is 86.2. The standard InChI is InChI=1S/C13H27/c1-5-7-9-13(10-8-6-2)11-12(3)4/h12H,5-11H2,1-4H3. The topological polar surface area (TPSA) is 0 Å². The molecule has 79 valence electrons. The highest BCUT2D eigenvalue weighted by molar-refractivity contribution is 4.89. The molecule has 0 heterocycles. The largest absolute Gasteiger partial charge is 0.0654 e. The molecular weight excluding hydrogens is 156 g/mol. The molecule has 1 radical (unpaired) electrons. The first kappa shape index (κ1) is 13.0. The molecule has 0 spiro atoms. The Morgan fingerprint density at radius 1 is 0.923 bits per heavy atom. The number of hydrogen-bond donors (Lipinski definition) is 0. The van der Waals surface area contributed by atoms with Crippen LogP contribution < -0.4 is 0 Å². The molecular formula is C13H27. The van der Waals surface area contributed by atoms with Crippen molar-refractivity contribution in [3.63, 3.8) is 0 Å². The minimum atomic E-state index is 0.851. The van der Waals surface area contributed by atoms with Gasteiger partial charge in [-0.05, 0) is 31.1 Å². The average Bonchev–Trinajstić information content (AvgIpc) is 2.09. The van der Waals surface area contributed by atoms with Gasteiger partial charge in [0.25, 0.3) is 0 Å². The summed E-state index contributed by atoms with van der Waals surface area (Å²) in [4.78, 5) is 0. The molecule has 0 heteroatoms. The predicted molar refractivity (Wildman–Crippen MR) is 61.7 cm³/mol. The fourth-order valence-electron chi connectivity index (χ4n) is 1.76. The van der Waals surface area contributed by atoms with Gasteiger partial charge < -0.3 is 0 Å². The van der Waals surface area contributed by atoms with Gasteiger partial charge in [0.2, 0.25) is 0 Å². The second-order valence-corrected chi connectivity index (χ2v) is 4.56. The highest BCUT2D eigenvalue weighted by Gasteiger charge is 2.09. The van der Waals surface area contributed by atoms with E-state index in [2.05, 4.69) is 27.7 Å². The van der Waals surface area contributed by atoms with E-state index in [1.165, 1.54) is 44.9 Å². The van der Waals surface area contributed by atoms with Gasteiger partial charge in [-0.2, -0.15) is 0 Å². The van der Waals surface area contributed by atoms with Crippen LogP contribution in [0.5, 0.6) is 0 Å². The Morgan fingerprint density at radius 2 is 1.38 bits per heavy atom. The van der Waals surface area contributed by atoms with Crippen molar-refractivity contribution >= 4 is 0 Å². The maximum absolute atomic E-state index is 2.33. The summed E-state index contributed by atoms with van der Waals surface area (Å²) in [5.74, 6) is 2.67. The molecule has 0 aliphatic heterocycles. The third kappa shape index (κ3) is 8.33. The lowest BCUT2D eigenvalue weighted by atomic mass is 9.88. The van der Waals surface area contributed by atoms with Crippen LogP contribution in [0.25, 0.3) is 0 Å². The molecule has 13 heavy (non-hydrogen) atoms. The van der Waals surface area contributed by atoms with Gasteiger partial charge in [-0.15, -0.1) is 0 Å². The smallest absolute Gasteiger partial charge is 0.0238 e. The molecule has 0 N–H and O–H groups in total. The zero-order valence-corrected chi connectivity index (χ0v) is 10.0. The van der Waals surface area contributed by atoms with Crippen molar-refractivity contribution in [2.45, 2.75) is 72.6 Å². The Hall–Kier alpha value is 0. The molecule has 0 saturated heterocycles. The first-order valence-corrected chi connectivity index (χ1v) is 6.04. The van der Waals surface area contributed by atoms with Crippen LogP contribution in [0.3, 0.4) is 0 Å². The number of hydrogen-bond acceptors (Lipinski definition) is 0. The normalized spacial score (nSPS) is 11.5. The Kier molecular flexibility index (Phi) is 8.59. The molecule has 0 aromatic rings. The van der Waals surface area contributed by atoms with E-state index in [-0.39, 0.29) is 0 Å². The van der Waals surface area contributed by atoms with Crippen molar-refractivity contribution < 1.29 is 0 Å². The van der Waals surface area contributed by atoms with Gasteiger partial charge in [-0.3, -0.25) is 0 Å². The van der Waals surface area contributed by atoms with Crippen LogP contribution in [-0.2, 0) is 0 Å². The summed E-state index contributed by atoms with van der Waals surface area (Å²) >= 11 is 0. The van der Waals surface area contributed by atoms with Crippen LogP contribution in [0, 0.1) is 11.8 Å². The van der Waals surface area contributed by atoms with Gasteiger partial charge in [0.05, 0.1) is 0 Å². The Morgan fingerprint density at radius 3 is 1.69 bits per heavy atom. The lowest BCUT2D eigenvalue weighted by molar-refractivity contribution is 0.513. The SMILES string of the molecule is CCCC[C](CCCC)CC(C)C. The summed E-state index contributed by atoms with van der Waals surface area (Å²) in [6, 6.07) is 0. The third-order valence-corrected chi connectivity index (χ3v) is 2.46. The molecule has 0 aliphatic carbocycles. The molecule has 0 unspecified atom stereocenters. The summed E-state index contributed by atoms with van der Waals surface area (Å²) < 4.78 is 0. The molecule has 0 aliphatic rings. The van der Waals surface area contributed by atoms with E-state index in [0.717, 1.165) is 5.92 Å². The van der Waals surface area contributed by atoms with Gasteiger partial charge in [-0.25, -0.2) is 0 Å². The summed E-state index contributed by atoms with van der Waals surface area (Å²) in [6.07, 6.45) is 9.60. The summed E-state index contributed by atoms with van der Waals surface area (Å²) in [5.41, 5.74) is 0. The summed E-state index contributed by atoms with van der Waals surface area (Å²) in [5, 5.41) is 0. The summed E-state index contributed by atoms with van der Waals surface area (Å²) in [6.45, 7) is 9.23. The number of unbranched alkanes of at least 4 members (excludes halogenated alkanes) is 2. The zero-order chi connectivity index (χ0) is 10.1. The van der Waals surface area contributed by atoms with Crippen molar-refractivity contribution in [2.24, 2.45) is 5.92 Å². The van der Waals surface area contributed by atoms with Crippen molar-refractivity contribution in [3.8, 4) is 0 Å². The fraction of sp³-hybridized carbons (Fsp3) is 0.923. The second-order valence-electron chi connectivity index (χ2n) is 4.56. The van der Waals surface area contributed by atoms with E-state index in [0.29, 0.717) is 0 Å². The minimum absolute atomic E-state index is 0.851. The molecule has 0 atom stereocenters. The first-order chi connectivity index (χ1) is 6.20. The minimum Gasteiger partial charge on any atom is -0.0654 e. The van der Waals surface area contributed by atoms with Crippen LogP contribution in [-0.4, -0.2) is 0 Å². The van der Waals surface area contributed by atoms with Crippen molar-refractivity contribution in [3.05, 3.63) is 5.92 Å². The molecule has 0 aromatic heterocycles. The van der Waals surface area contributed by atoms with Crippen LogP contribution in [0.4, 0.5) is 0 Å². The molecule has 0 nitrogen and oxygen atoms in total. The molecule has 0 fully saturated rings. The van der Waals surface area contributed by atoms with E-state index < -0.39 is 0 Å². The average molecular weight is 183 g/mol. The van der Waals surface area contributed by atoms with Gasteiger partial charge in [0.15, 0.2) is 0 Å². The van der Waals surface area contributed by atoms with Crippen molar-refractivity contribution in [1.29, 1.82) is 0 Å². The Labute approximate surface area is 85.1 Å². The number of rotatable bonds is 8. The monoisotopic (exact) mass is 183 g/mol. The van der Waals surface area contributed by atoms with E-state index in [4.69, 9.17) is 0 Å². The van der Waals surface area contributed by atoms with E-state index in [1.54, 1.807) is 0 Å². The lowest BCUT2D eigenvalue weighted by Gasteiger charge is -2.17. The van der Waals surface area contributed by atoms with E-state index in [1.807, 2.05) is 5.92 Å². The molecule has 0 rings (SSSR count). The Balaban J connectivity index is 3.60. The third-order valence-electron chi connectivity index (χ3n) is 2.46. The highest BCUT2D eigenvalue weighted by Crippen LogP contribution is 2.25. The van der Waals surface area contributed by atoms with Crippen LogP contribution in [0.1, 0.15) is 72.6 Å². The molecule has 0 bridgehead atoms. The maximum atomic E-state index is 2.33. The van der Waals surface area contributed by atoms with Crippen LogP contribution >= 0.6 is 0 Å². The van der Waals surface area contributed by atoms with E-state index in [9.17, 15) is 0 Å². The first-order valence-electron chi connectivity index (χ1n) is 6.04. The quantitative estimate of drug-likeness (QED) is 0.497. The van der Waals surface area contributed by atoms with Crippen molar-refractivity contribution in [2.75, 3.05) is 0 Å². The van der Waals surface area contributed by atoms with Crippen molar-refractivity contribution in [1.82, 2.24) is 0 Å². The molecule has 0 amide bonds. The fourth-order valence-corrected chi connectivity index (χ4v) is 1.76. The van der Waals surface area contributed by atoms with Gasteiger partial charge in [0.1, 0.15) is 0 Å². The predicted octanol–water partition coefficient (Wildman–Crippen LogP) is 4.99. The lowest BCUT2D eigenvalue weighted by Crippen LogP contribution is -2.02. The van der Waals surface area contributed by atoms with Crippen LogP contribution in [0.2, 0.25) is 0 Å². The second kappa shape index (κ2) is 8.59. The van der Waals surface area contributed by atoms with Gasteiger partial charge in [0, 0.05) is 0 Å². The molecule has 0 saturated carbocycles. The summed E-state index contributed by atoms with van der Waals surface area (Å²) in [7, 11) is 0.